The van der Waals surface area contributed by atoms with Crippen molar-refractivity contribution in [2.45, 2.75) is 18.3 Å². The van der Waals surface area contributed by atoms with Crippen LogP contribution in [0.3, 0.4) is 0 Å². The lowest BCUT2D eigenvalue weighted by molar-refractivity contribution is 0.0498. The van der Waals surface area contributed by atoms with E-state index in [1.54, 1.807) is 41.3 Å². The molecule has 0 unspecified atom stereocenters. The zero-order valence-corrected chi connectivity index (χ0v) is 16.5. The third-order valence-corrected chi connectivity index (χ3v) is 6.45. The SMILES string of the molecule is Cn1nc(-c2ccc(F)cc2)cc1C(=O)NCC1(c2cccs2)CCOCC1. The van der Waals surface area contributed by atoms with Crippen LogP contribution < -0.4 is 5.32 Å². The van der Waals surface area contributed by atoms with Crippen LogP contribution >= 0.6 is 11.3 Å². The van der Waals surface area contributed by atoms with Crippen LogP contribution in [-0.2, 0) is 17.2 Å². The van der Waals surface area contributed by atoms with Gasteiger partial charge in [0.05, 0.1) is 5.69 Å². The van der Waals surface area contributed by atoms with Gasteiger partial charge in [0.2, 0.25) is 0 Å². The number of hydrogen-bond donors (Lipinski definition) is 1. The van der Waals surface area contributed by atoms with Gasteiger partial charge in [0, 0.05) is 42.7 Å². The van der Waals surface area contributed by atoms with Crippen LogP contribution in [0.15, 0.2) is 47.8 Å². The largest absolute Gasteiger partial charge is 0.381 e. The number of benzene rings is 1. The van der Waals surface area contributed by atoms with Gasteiger partial charge in [-0.05, 0) is 54.6 Å². The number of aryl methyl sites for hydroxylation is 1. The smallest absolute Gasteiger partial charge is 0.269 e. The molecule has 7 heteroatoms. The Balaban J connectivity index is 1.51. The summed E-state index contributed by atoms with van der Waals surface area (Å²) in [6.45, 7) is 1.97. The number of carbonyl (C=O) groups is 1. The minimum Gasteiger partial charge on any atom is -0.381 e. The highest BCUT2D eigenvalue weighted by molar-refractivity contribution is 7.10. The van der Waals surface area contributed by atoms with Crippen LogP contribution in [0.5, 0.6) is 0 Å². The lowest BCUT2D eigenvalue weighted by atomic mass is 9.78. The van der Waals surface area contributed by atoms with Crippen molar-refractivity contribution in [3.63, 3.8) is 0 Å². The molecular weight excluding hydrogens is 377 g/mol. The standard InChI is InChI=1S/C21H22FN3O2S/c1-25-18(13-17(24-25)15-4-6-16(22)7-5-15)20(26)23-14-21(8-10-27-11-9-21)19-3-2-12-28-19/h2-7,12-13H,8-11,14H2,1H3,(H,23,26). The van der Waals surface area contributed by atoms with E-state index in [9.17, 15) is 9.18 Å². The third-order valence-electron chi connectivity index (χ3n) is 5.33. The molecule has 28 heavy (non-hydrogen) atoms. The van der Waals surface area contributed by atoms with Gasteiger partial charge in [-0.3, -0.25) is 9.48 Å². The molecule has 0 spiro atoms. The van der Waals surface area contributed by atoms with E-state index in [0.717, 1.165) is 18.4 Å². The van der Waals surface area contributed by atoms with Crippen LogP contribution in [0.4, 0.5) is 4.39 Å². The van der Waals surface area contributed by atoms with E-state index in [1.807, 2.05) is 0 Å². The van der Waals surface area contributed by atoms with E-state index in [1.165, 1.54) is 17.0 Å². The van der Waals surface area contributed by atoms with Gasteiger partial charge in [-0.2, -0.15) is 5.10 Å². The van der Waals surface area contributed by atoms with Crippen molar-refractivity contribution in [1.29, 1.82) is 0 Å². The van der Waals surface area contributed by atoms with Crippen molar-refractivity contribution >= 4 is 17.2 Å². The van der Waals surface area contributed by atoms with Gasteiger partial charge in [-0.25, -0.2) is 4.39 Å². The quantitative estimate of drug-likeness (QED) is 0.711. The molecule has 1 saturated heterocycles. The maximum atomic E-state index is 13.1. The Morgan fingerprint density at radius 2 is 2.04 bits per heavy atom. The highest BCUT2D eigenvalue weighted by Gasteiger charge is 2.36. The van der Waals surface area contributed by atoms with Crippen molar-refractivity contribution in [3.8, 4) is 11.3 Å². The molecule has 0 atom stereocenters. The molecular formula is C21H22FN3O2S. The molecule has 1 amide bonds. The van der Waals surface area contributed by atoms with Gasteiger partial charge in [-0.15, -0.1) is 11.3 Å². The highest BCUT2D eigenvalue weighted by atomic mass is 32.1. The van der Waals surface area contributed by atoms with Crippen LogP contribution in [0, 0.1) is 5.82 Å². The van der Waals surface area contributed by atoms with Crippen molar-refractivity contribution in [3.05, 3.63) is 64.2 Å². The van der Waals surface area contributed by atoms with Gasteiger partial charge in [0.15, 0.2) is 0 Å². The van der Waals surface area contributed by atoms with E-state index in [2.05, 4.69) is 27.9 Å². The van der Waals surface area contributed by atoms with Crippen LogP contribution in [0.2, 0.25) is 0 Å². The second-order valence-corrected chi connectivity index (χ2v) is 8.05. The zero-order chi connectivity index (χ0) is 19.6. The van der Waals surface area contributed by atoms with Gasteiger partial charge in [0.25, 0.3) is 5.91 Å². The summed E-state index contributed by atoms with van der Waals surface area (Å²) in [5.74, 6) is -0.459. The van der Waals surface area contributed by atoms with Crippen molar-refractivity contribution in [2.24, 2.45) is 7.05 Å². The topological polar surface area (TPSA) is 56.2 Å². The van der Waals surface area contributed by atoms with Crippen LogP contribution in [-0.4, -0.2) is 35.4 Å². The number of aromatic nitrogens is 2. The lowest BCUT2D eigenvalue weighted by Gasteiger charge is -2.36. The molecule has 1 N–H and O–H groups in total. The zero-order valence-electron chi connectivity index (χ0n) is 15.7. The predicted octanol–water partition coefficient (Wildman–Crippen LogP) is 3.77. The third kappa shape index (κ3) is 3.72. The summed E-state index contributed by atoms with van der Waals surface area (Å²) in [5, 5.41) is 9.59. The van der Waals surface area contributed by atoms with E-state index in [4.69, 9.17) is 4.74 Å². The number of rotatable bonds is 5. The average molecular weight is 399 g/mol. The Morgan fingerprint density at radius 3 is 2.71 bits per heavy atom. The molecule has 146 valence electrons. The van der Waals surface area contributed by atoms with E-state index in [-0.39, 0.29) is 17.1 Å². The molecule has 0 aliphatic carbocycles. The molecule has 1 aliphatic heterocycles. The predicted molar refractivity (Wildman–Crippen MR) is 107 cm³/mol. The highest BCUT2D eigenvalue weighted by Crippen LogP contribution is 2.37. The fourth-order valence-corrected chi connectivity index (χ4v) is 4.62. The number of nitrogens with one attached hydrogen (secondary N) is 1. The fourth-order valence-electron chi connectivity index (χ4n) is 3.63. The minimum atomic E-state index is -0.298. The first kappa shape index (κ1) is 18.8. The number of halogens is 1. The van der Waals surface area contributed by atoms with E-state index >= 15 is 0 Å². The first-order chi connectivity index (χ1) is 13.6. The normalized spacial score (nSPS) is 16.1. The van der Waals surface area contributed by atoms with Gasteiger partial charge >= 0.3 is 0 Å². The molecule has 5 nitrogen and oxygen atoms in total. The monoisotopic (exact) mass is 399 g/mol. The van der Waals surface area contributed by atoms with E-state index < -0.39 is 0 Å². The fraction of sp³-hybridized carbons (Fsp3) is 0.333. The minimum absolute atomic E-state index is 0.0829. The lowest BCUT2D eigenvalue weighted by Crippen LogP contribution is -2.44. The molecule has 0 bridgehead atoms. The summed E-state index contributed by atoms with van der Waals surface area (Å²) in [6, 6.07) is 12.0. The second kappa shape index (κ2) is 7.85. The number of hydrogen-bond acceptors (Lipinski definition) is 4. The number of ether oxygens (including phenoxy) is 1. The molecule has 0 saturated carbocycles. The Kier molecular flexibility index (Phi) is 5.28. The van der Waals surface area contributed by atoms with Crippen molar-refractivity contribution in [2.75, 3.05) is 19.8 Å². The molecule has 4 rings (SSSR count). The maximum Gasteiger partial charge on any atom is 0.269 e. The Hall–Kier alpha value is -2.51. The molecule has 1 fully saturated rings. The first-order valence-electron chi connectivity index (χ1n) is 9.27. The molecule has 3 heterocycles. The Labute approximate surface area is 167 Å². The summed E-state index contributed by atoms with van der Waals surface area (Å²) in [6.07, 6.45) is 1.78. The summed E-state index contributed by atoms with van der Waals surface area (Å²) in [4.78, 5) is 14.1. The maximum absolute atomic E-state index is 13.1. The summed E-state index contributed by atoms with van der Waals surface area (Å²) in [7, 11) is 1.74. The van der Waals surface area contributed by atoms with Crippen LogP contribution in [0.25, 0.3) is 11.3 Å². The summed E-state index contributed by atoms with van der Waals surface area (Å²) in [5.41, 5.74) is 1.82. The van der Waals surface area contributed by atoms with Gasteiger partial charge in [0.1, 0.15) is 11.5 Å². The number of amides is 1. The second-order valence-electron chi connectivity index (χ2n) is 7.10. The first-order valence-corrected chi connectivity index (χ1v) is 10.2. The average Bonchev–Trinajstić information content (AvgIpc) is 3.38. The molecule has 3 aromatic rings. The number of thiophene rings is 1. The summed E-state index contributed by atoms with van der Waals surface area (Å²) >= 11 is 1.73. The number of nitrogens with zero attached hydrogens (tertiary/aromatic N) is 2. The molecule has 0 radical (unpaired) electrons. The molecule has 1 aliphatic rings. The van der Waals surface area contributed by atoms with Crippen molar-refractivity contribution in [1.82, 2.24) is 15.1 Å². The molecule has 2 aromatic heterocycles. The van der Waals surface area contributed by atoms with Crippen molar-refractivity contribution < 1.29 is 13.9 Å². The van der Waals surface area contributed by atoms with Crippen LogP contribution in [0.1, 0.15) is 28.2 Å². The Morgan fingerprint density at radius 1 is 1.29 bits per heavy atom. The number of carbonyl (C=O) groups excluding carboxylic acids is 1. The Bertz CT molecular complexity index is 945. The van der Waals surface area contributed by atoms with E-state index in [0.29, 0.717) is 31.1 Å². The van der Waals surface area contributed by atoms with Gasteiger partial charge < -0.3 is 10.1 Å². The molecule has 1 aromatic carbocycles. The van der Waals surface area contributed by atoms with Gasteiger partial charge in [-0.1, -0.05) is 6.07 Å². The summed E-state index contributed by atoms with van der Waals surface area (Å²) < 4.78 is 20.3.